The molecule has 0 aliphatic carbocycles. The maximum atomic E-state index is 5.38. The third-order valence-electron chi connectivity index (χ3n) is 3.25. The van der Waals surface area contributed by atoms with Crippen molar-refractivity contribution >= 4 is 5.69 Å². The molecule has 2 heterocycles. The Bertz CT molecular complexity index is 332. The van der Waals surface area contributed by atoms with Crippen molar-refractivity contribution in [3.05, 3.63) is 24.0 Å². The fourth-order valence-corrected chi connectivity index (χ4v) is 2.10. The van der Waals surface area contributed by atoms with Crippen LogP contribution in [-0.4, -0.2) is 23.0 Å². The molecule has 0 spiro atoms. The Morgan fingerprint density at radius 1 is 1.50 bits per heavy atom. The van der Waals surface area contributed by atoms with E-state index in [9.17, 15) is 0 Å². The summed E-state index contributed by atoms with van der Waals surface area (Å²) in [6, 6.07) is 3.89. The molecule has 1 fully saturated rings. The molecule has 0 bridgehead atoms. The third-order valence-corrected chi connectivity index (χ3v) is 3.25. The standard InChI is InChI=1S/C12H20N4/c1-10-3-6-16(7-4-10)9-12-8-11(15-13)2-5-14-12/h2,5,8,10H,3-4,6-7,9,13H2,1H3,(H,14,15). The van der Waals surface area contributed by atoms with Gasteiger partial charge in [0.05, 0.1) is 11.4 Å². The molecule has 0 radical (unpaired) electrons. The average molecular weight is 220 g/mol. The normalized spacial score (nSPS) is 18.6. The Morgan fingerprint density at radius 2 is 2.25 bits per heavy atom. The summed E-state index contributed by atoms with van der Waals surface area (Å²) in [7, 11) is 0. The highest BCUT2D eigenvalue weighted by molar-refractivity contribution is 5.41. The van der Waals surface area contributed by atoms with Crippen molar-refractivity contribution in [3.63, 3.8) is 0 Å². The zero-order valence-electron chi connectivity index (χ0n) is 9.82. The highest BCUT2D eigenvalue weighted by Gasteiger charge is 2.15. The molecule has 1 saturated heterocycles. The number of anilines is 1. The van der Waals surface area contributed by atoms with Crippen LogP contribution in [0.15, 0.2) is 18.3 Å². The van der Waals surface area contributed by atoms with Crippen molar-refractivity contribution in [1.29, 1.82) is 0 Å². The van der Waals surface area contributed by atoms with Gasteiger partial charge >= 0.3 is 0 Å². The van der Waals surface area contributed by atoms with Crippen LogP contribution < -0.4 is 11.3 Å². The summed E-state index contributed by atoms with van der Waals surface area (Å²) in [6.07, 6.45) is 4.40. The van der Waals surface area contributed by atoms with E-state index in [4.69, 9.17) is 5.84 Å². The van der Waals surface area contributed by atoms with Gasteiger partial charge in [0.15, 0.2) is 0 Å². The maximum Gasteiger partial charge on any atom is 0.0564 e. The SMILES string of the molecule is CC1CCN(Cc2cc(NN)ccn2)CC1. The monoisotopic (exact) mass is 220 g/mol. The summed E-state index contributed by atoms with van der Waals surface area (Å²) >= 11 is 0. The predicted molar refractivity (Wildman–Crippen MR) is 65.7 cm³/mol. The Kier molecular flexibility index (Phi) is 3.74. The minimum absolute atomic E-state index is 0.876. The number of likely N-dealkylation sites (tertiary alicyclic amines) is 1. The fourth-order valence-electron chi connectivity index (χ4n) is 2.10. The second-order valence-electron chi connectivity index (χ2n) is 4.64. The van der Waals surface area contributed by atoms with Gasteiger partial charge in [-0.15, -0.1) is 0 Å². The molecular formula is C12H20N4. The van der Waals surface area contributed by atoms with Gasteiger partial charge in [-0.2, -0.15) is 0 Å². The number of hydrazine groups is 1. The lowest BCUT2D eigenvalue weighted by atomic mass is 9.99. The number of rotatable bonds is 3. The Hall–Kier alpha value is -1.13. The first-order valence-electron chi connectivity index (χ1n) is 5.92. The van der Waals surface area contributed by atoms with Crippen molar-refractivity contribution < 1.29 is 0 Å². The van der Waals surface area contributed by atoms with Crippen LogP contribution >= 0.6 is 0 Å². The molecule has 2 rings (SSSR count). The van der Waals surface area contributed by atoms with Crippen molar-refractivity contribution in [2.75, 3.05) is 18.5 Å². The molecule has 0 atom stereocenters. The van der Waals surface area contributed by atoms with Crippen LogP contribution in [0.4, 0.5) is 5.69 Å². The van der Waals surface area contributed by atoms with E-state index in [0.29, 0.717) is 0 Å². The summed E-state index contributed by atoms with van der Waals surface area (Å²) in [4.78, 5) is 6.82. The Labute approximate surface area is 96.8 Å². The number of hydrogen-bond donors (Lipinski definition) is 2. The summed E-state index contributed by atoms with van der Waals surface area (Å²) < 4.78 is 0. The lowest BCUT2D eigenvalue weighted by Gasteiger charge is -2.29. The Morgan fingerprint density at radius 3 is 2.94 bits per heavy atom. The highest BCUT2D eigenvalue weighted by Crippen LogP contribution is 2.18. The van der Waals surface area contributed by atoms with Crippen LogP contribution in [0.1, 0.15) is 25.5 Å². The van der Waals surface area contributed by atoms with E-state index in [1.54, 1.807) is 6.20 Å². The van der Waals surface area contributed by atoms with Crippen LogP contribution in [0.25, 0.3) is 0 Å². The van der Waals surface area contributed by atoms with E-state index in [-0.39, 0.29) is 0 Å². The van der Waals surface area contributed by atoms with Crippen molar-refractivity contribution in [2.45, 2.75) is 26.3 Å². The molecule has 4 nitrogen and oxygen atoms in total. The molecule has 1 aliphatic heterocycles. The van der Waals surface area contributed by atoms with Crippen LogP contribution in [0, 0.1) is 5.92 Å². The molecule has 0 saturated carbocycles. The number of aromatic nitrogens is 1. The van der Waals surface area contributed by atoms with Gasteiger partial charge in [0.2, 0.25) is 0 Å². The maximum absolute atomic E-state index is 5.38. The van der Waals surface area contributed by atoms with Gasteiger partial charge in [0, 0.05) is 12.7 Å². The molecule has 1 aromatic rings. The van der Waals surface area contributed by atoms with E-state index in [1.807, 2.05) is 12.1 Å². The molecule has 3 N–H and O–H groups in total. The minimum Gasteiger partial charge on any atom is -0.324 e. The van der Waals surface area contributed by atoms with Crippen LogP contribution in [0.3, 0.4) is 0 Å². The van der Waals surface area contributed by atoms with Crippen LogP contribution in [-0.2, 0) is 6.54 Å². The van der Waals surface area contributed by atoms with Crippen LogP contribution in [0.2, 0.25) is 0 Å². The molecular weight excluding hydrogens is 200 g/mol. The number of nitrogens with two attached hydrogens (primary N) is 1. The zero-order valence-corrected chi connectivity index (χ0v) is 9.82. The van der Waals surface area contributed by atoms with Crippen molar-refractivity contribution in [1.82, 2.24) is 9.88 Å². The second-order valence-corrected chi connectivity index (χ2v) is 4.64. The van der Waals surface area contributed by atoms with Gasteiger partial charge in [0.25, 0.3) is 0 Å². The summed E-state index contributed by atoms with van der Waals surface area (Å²) in [6.45, 7) is 5.63. The molecule has 88 valence electrons. The number of hydrogen-bond acceptors (Lipinski definition) is 4. The van der Waals surface area contributed by atoms with Gasteiger partial charge in [-0.3, -0.25) is 15.7 Å². The number of pyridine rings is 1. The van der Waals surface area contributed by atoms with Gasteiger partial charge < -0.3 is 5.43 Å². The smallest absolute Gasteiger partial charge is 0.0564 e. The van der Waals surface area contributed by atoms with Crippen LogP contribution in [0.5, 0.6) is 0 Å². The molecule has 1 aliphatic rings. The Balaban J connectivity index is 1.93. The van der Waals surface area contributed by atoms with Gasteiger partial charge in [0.1, 0.15) is 0 Å². The number of nitrogen functional groups attached to an aromatic ring is 1. The van der Waals surface area contributed by atoms with E-state index in [2.05, 4.69) is 22.2 Å². The van der Waals surface area contributed by atoms with E-state index in [0.717, 1.165) is 23.8 Å². The first kappa shape index (κ1) is 11.4. The van der Waals surface area contributed by atoms with E-state index in [1.165, 1.54) is 25.9 Å². The third kappa shape index (κ3) is 2.93. The highest BCUT2D eigenvalue weighted by atomic mass is 15.2. The van der Waals surface area contributed by atoms with E-state index < -0.39 is 0 Å². The van der Waals surface area contributed by atoms with Crippen molar-refractivity contribution in [3.8, 4) is 0 Å². The number of nitrogens with zero attached hydrogens (tertiary/aromatic N) is 2. The number of nitrogens with one attached hydrogen (secondary N) is 1. The topological polar surface area (TPSA) is 54.2 Å². The summed E-state index contributed by atoms with van der Waals surface area (Å²) in [5.41, 5.74) is 4.67. The molecule has 1 aromatic heterocycles. The largest absolute Gasteiger partial charge is 0.324 e. The molecule has 4 heteroatoms. The molecule has 0 aromatic carbocycles. The molecule has 16 heavy (non-hydrogen) atoms. The predicted octanol–water partition coefficient (Wildman–Crippen LogP) is 1.60. The van der Waals surface area contributed by atoms with Gasteiger partial charge in [-0.1, -0.05) is 6.92 Å². The first-order valence-corrected chi connectivity index (χ1v) is 5.92. The zero-order chi connectivity index (χ0) is 11.4. The van der Waals surface area contributed by atoms with E-state index >= 15 is 0 Å². The fraction of sp³-hybridized carbons (Fsp3) is 0.583. The first-order chi connectivity index (χ1) is 7.78. The lowest BCUT2D eigenvalue weighted by Crippen LogP contribution is -2.32. The van der Waals surface area contributed by atoms with Crippen molar-refractivity contribution in [2.24, 2.45) is 11.8 Å². The molecule has 0 amide bonds. The summed E-state index contributed by atoms with van der Waals surface area (Å²) in [5, 5.41) is 0. The molecule has 0 unspecified atom stereocenters. The quantitative estimate of drug-likeness (QED) is 0.600. The van der Waals surface area contributed by atoms with Gasteiger partial charge in [-0.25, -0.2) is 0 Å². The number of piperidine rings is 1. The summed E-state index contributed by atoms with van der Waals surface area (Å²) in [5.74, 6) is 6.25. The minimum atomic E-state index is 0.876. The van der Waals surface area contributed by atoms with Gasteiger partial charge in [-0.05, 0) is 44.0 Å². The lowest BCUT2D eigenvalue weighted by molar-refractivity contribution is 0.183. The second kappa shape index (κ2) is 5.27. The average Bonchev–Trinajstić information content (AvgIpc) is 2.32.